The Kier molecular flexibility index (Phi) is 7.38. The summed E-state index contributed by atoms with van der Waals surface area (Å²) in [6, 6.07) is 5.55. The van der Waals surface area contributed by atoms with Gasteiger partial charge < -0.3 is 19.8 Å². The molecule has 0 aliphatic heterocycles. The van der Waals surface area contributed by atoms with Crippen LogP contribution in [0.5, 0.6) is 11.5 Å². The first-order valence-corrected chi connectivity index (χ1v) is 12.4. The summed E-state index contributed by atoms with van der Waals surface area (Å²) < 4.78 is 10.6. The fraction of sp³-hybridized carbons (Fsp3) is 0.440. The highest BCUT2D eigenvalue weighted by atomic mass is 32.1. The molecule has 9 nitrogen and oxygen atoms in total. The molecule has 184 valence electrons. The lowest BCUT2D eigenvalue weighted by molar-refractivity contribution is -0.117. The first-order chi connectivity index (χ1) is 16.9. The molecule has 1 atom stereocenters. The van der Waals surface area contributed by atoms with Gasteiger partial charge in [-0.15, -0.1) is 11.3 Å². The van der Waals surface area contributed by atoms with Gasteiger partial charge in [-0.25, -0.2) is 4.98 Å². The lowest BCUT2D eigenvalue weighted by Crippen LogP contribution is -2.33. The lowest BCUT2D eigenvalue weighted by Gasteiger charge is -2.19. The zero-order valence-corrected chi connectivity index (χ0v) is 21.2. The van der Waals surface area contributed by atoms with E-state index in [1.165, 1.54) is 30.4 Å². The van der Waals surface area contributed by atoms with Crippen LogP contribution in [0, 0.1) is 17.2 Å². The summed E-state index contributed by atoms with van der Waals surface area (Å²) in [5.41, 5.74) is 1.88. The monoisotopic (exact) mass is 495 g/mol. The number of carbonyl (C=O) groups is 1. The number of thiophene rings is 1. The quantitative estimate of drug-likeness (QED) is 0.491. The highest BCUT2D eigenvalue weighted by Crippen LogP contribution is 2.39. The molecule has 0 fully saturated rings. The number of anilines is 1. The van der Waals surface area contributed by atoms with E-state index in [4.69, 9.17) is 9.47 Å². The van der Waals surface area contributed by atoms with Crippen LogP contribution < -0.4 is 20.3 Å². The number of nitrogens with one attached hydrogen (secondary N) is 2. The predicted molar refractivity (Wildman–Crippen MR) is 135 cm³/mol. The first kappa shape index (κ1) is 24.7. The number of hydrogen-bond donors (Lipinski definition) is 2. The van der Waals surface area contributed by atoms with Crippen LogP contribution in [0.15, 0.2) is 16.9 Å². The molecule has 4 rings (SSSR count). The van der Waals surface area contributed by atoms with Crippen LogP contribution in [0.25, 0.3) is 10.9 Å². The van der Waals surface area contributed by atoms with E-state index in [1.54, 1.807) is 12.1 Å². The van der Waals surface area contributed by atoms with Crippen LogP contribution in [0.2, 0.25) is 0 Å². The van der Waals surface area contributed by atoms with Gasteiger partial charge in [-0.05, 0) is 43.4 Å². The Morgan fingerprint density at radius 1 is 1.34 bits per heavy atom. The first-order valence-electron chi connectivity index (χ1n) is 11.6. The van der Waals surface area contributed by atoms with Gasteiger partial charge >= 0.3 is 0 Å². The van der Waals surface area contributed by atoms with Crippen molar-refractivity contribution in [2.24, 2.45) is 5.92 Å². The Morgan fingerprint density at radius 2 is 2.09 bits per heavy atom. The maximum absolute atomic E-state index is 12.9. The molecule has 1 unspecified atom stereocenters. The molecule has 1 aromatic carbocycles. The van der Waals surface area contributed by atoms with Crippen molar-refractivity contribution in [1.82, 2.24) is 14.9 Å². The largest absolute Gasteiger partial charge is 0.493 e. The topological polar surface area (TPSA) is 120 Å². The van der Waals surface area contributed by atoms with Gasteiger partial charge in [0.2, 0.25) is 5.91 Å². The average molecular weight is 496 g/mol. The molecular formula is C25H29N5O4S. The number of benzene rings is 1. The van der Waals surface area contributed by atoms with Crippen molar-refractivity contribution >= 4 is 33.1 Å². The molecule has 0 radical (unpaired) electrons. The molecule has 0 saturated carbocycles. The molecule has 1 aliphatic rings. The van der Waals surface area contributed by atoms with Crippen LogP contribution in [0.3, 0.4) is 0 Å². The second kappa shape index (κ2) is 10.5. The fourth-order valence-corrected chi connectivity index (χ4v) is 5.78. The summed E-state index contributed by atoms with van der Waals surface area (Å²) in [7, 11) is 3.03. The number of ether oxygens (including phenoxy) is 2. The molecule has 35 heavy (non-hydrogen) atoms. The van der Waals surface area contributed by atoms with Gasteiger partial charge in [-0.3, -0.25) is 14.5 Å². The number of nitrogens with zero attached hydrogens (tertiary/aromatic N) is 3. The average Bonchev–Trinajstić information content (AvgIpc) is 3.18. The zero-order chi connectivity index (χ0) is 25.1. The molecule has 1 aliphatic carbocycles. The minimum atomic E-state index is -0.288. The molecule has 0 saturated heterocycles. The molecular weight excluding hydrogens is 466 g/mol. The van der Waals surface area contributed by atoms with Gasteiger partial charge in [0.1, 0.15) is 16.9 Å². The number of aromatic nitrogens is 2. The molecule has 0 spiro atoms. The molecule has 2 N–H and O–H groups in total. The number of aromatic amines is 1. The van der Waals surface area contributed by atoms with Crippen molar-refractivity contribution in [3.05, 3.63) is 44.3 Å². The standard InChI is InChI=1S/C25H29N5O4S/c1-5-30(12-22-27-18-10-20(34-4)19(33-3)9-16(18)24(32)28-22)13-23(31)29-25-17(11-26)15-7-6-14(2)8-21(15)35-25/h9-10,14H,5-8,12-13H2,1-4H3,(H,29,31)(H,27,28,32). The van der Waals surface area contributed by atoms with Crippen LogP contribution >= 0.6 is 11.3 Å². The minimum absolute atomic E-state index is 0.105. The van der Waals surface area contributed by atoms with Gasteiger partial charge in [0.25, 0.3) is 5.56 Å². The zero-order valence-electron chi connectivity index (χ0n) is 20.4. The van der Waals surface area contributed by atoms with E-state index in [0.29, 0.717) is 51.3 Å². The number of hydrogen-bond acceptors (Lipinski definition) is 8. The second-order valence-electron chi connectivity index (χ2n) is 8.76. The van der Waals surface area contributed by atoms with Crippen LogP contribution in [-0.2, 0) is 24.2 Å². The fourth-order valence-electron chi connectivity index (χ4n) is 4.41. The molecule has 2 heterocycles. The van der Waals surface area contributed by atoms with Gasteiger partial charge in [-0.1, -0.05) is 13.8 Å². The molecule has 1 amide bonds. The van der Waals surface area contributed by atoms with E-state index in [-0.39, 0.29) is 24.6 Å². The van der Waals surface area contributed by atoms with Crippen molar-refractivity contribution in [2.45, 2.75) is 39.7 Å². The van der Waals surface area contributed by atoms with Crippen LogP contribution in [0.1, 0.15) is 42.1 Å². The second-order valence-corrected chi connectivity index (χ2v) is 9.86. The Morgan fingerprint density at radius 3 is 2.77 bits per heavy atom. The summed E-state index contributed by atoms with van der Waals surface area (Å²) in [6.45, 7) is 5.11. The summed E-state index contributed by atoms with van der Waals surface area (Å²) in [5.74, 6) is 1.77. The van der Waals surface area contributed by atoms with Gasteiger partial charge in [0.15, 0.2) is 11.5 Å². The van der Waals surface area contributed by atoms with Crippen LogP contribution in [-0.4, -0.2) is 48.1 Å². The third kappa shape index (κ3) is 5.16. The maximum atomic E-state index is 12.9. The number of H-pyrrole nitrogens is 1. The van der Waals surface area contributed by atoms with Crippen molar-refractivity contribution in [2.75, 3.05) is 32.6 Å². The smallest absolute Gasteiger partial charge is 0.258 e. The van der Waals surface area contributed by atoms with E-state index < -0.39 is 0 Å². The van der Waals surface area contributed by atoms with E-state index in [0.717, 1.165) is 24.8 Å². The van der Waals surface area contributed by atoms with E-state index >= 15 is 0 Å². The third-order valence-electron chi connectivity index (χ3n) is 6.32. The molecule has 0 bridgehead atoms. The van der Waals surface area contributed by atoms with Gasteiger partial charge in [0, 0.05) is 10.9 Å². The molecule has 2 aromatic heterocycles. The minimum Gasteiger partial charge on any atom is -0.493 e. The summed E-state index contributed by atoms with van der Waals surface area (Å²) in [5, 5.41) is 13.7. The van der Waals surface area contributed by atoms with Crippen molar-refractivity contribution in [3.63, 3.8) is 0 Å². The van der Waals surface area contributed by atoms with Crippen molar-refractivity contribution in [1.29, 1.82) is 5.26 Å². The van der Waals surface area contributed by atoms with Gasteiger partial charge in [-0.2, -0.15) is 5.26 Å². The predicted octanol–water partition coefficient (Wildman–Crippen LogP) is 3.46. The van der Waals surface area contributed by atoms with Gasteiger partial charge in [0.05, 0.1) is 43.8 Å². The normalized spacial score (nSPS) is 15.0. The van der Waals surface area contributed by atoms with Crippen molar-refractivity contribution in [3.8, 4) is 17.6 Å². The lowest BCUT2D eigenvalue weighted by atomic mass is 9.89. The van der Waals surface area contributed by atoms with E-state index in [1.807, 2.05) is 11.8 Å². The Bertz CT molecular complexity index is 1360. The Labute approximate surface area is 207 Å². The maximum Gasteiger partial charge on any atom is 0.258 e. The highest BCUT2D eigenvalue weighted by molar-refractivity contribution is 7.16. The molecule has 3 aromatic rings. The Balaban J connectivity index is 1.50. The van der Waals surface area contributed by atoms with E-state index in [2.05, 4.69) is 28.3 Å². The molecule has 10 heteroatoms. The Hall–Kier alpha value is -3.42. The summed E-state index contributed by atoms with van der Waals surface area (Å²) in [4.78, 5) is 36.0. The van der Waals surface area contributed by atoms with Crippen LogP contribution in [0.4, 0.5) is 5.00 Å². The highest BCUT2D eigenvalue weighted by Gasteiger charge is 2.25. The number of rotatable bonds is 8. The number of nitriles is 1. The number of amides is 1. The number of likely N-dealkylation sites (N-methyl/N-ethyl adjacent to an activating group) is 1. The van der Waals surface area contributed by atoms with E-state index in [9.17, 15) is 14.9 Å². The third-order valence-corrected chi connectivity index (χ3v) is 7.49. The number of fused-ring (bicyclic) bond motifs is 2. The number of methoxy groups -OCH3 is 2. The number of carbonyl (C=O) groups excluding carboxylic acids is 1. The van der Waals surface area contributed by atoms with Crippen molar-refractivity contribution < 1.29 is 14.3 Å². The SMILES string of the molecule is CCN(CC(=O)Nc1sc2c(c1C#N)CCC(C)C2)Cc1nc2cc(OC)c(OC)cc2c(=O)[nH]1. The summed E-state index contributed by atoms with van der Waals surface area (Å²) in [6.07, 6.45) is 2.89. The summed E-state index contributed by atoms with van der Waals surface area (Å²) >= 11 is 1.51.